The Kier molecular flexibility index (Phi) is 7.91. The monoisotopic (exact) mass is 473 g/mol. The number of benzene rings is 1. The van der Waals surface area contributed by atoms with Gasteiger partial charge in [0.2, 0.25) is 5.88 Å². The highest BCUT2D eigenvalue weighted by atomic mass is 35.5. The molecule has 2 rings (SSSR count). The van der Waals surface area contributed by atoms with E-state index in [1.807, 2.05) is 0 Å². The van der Waals surface area contributed by atoms with Crippen molar-refractivity contribution < 1.29 is 23.1 Å². The van der Waals surface area contributed by atoms with E-state index in [1.165, 1.54) is 25.3 Å². The van der Waals surface area contributed by atoms with E-state index in [-0.39, 0.29) is 43.8 Å². The van der Waals surface area contributed by atoms with E-state index >= 15 is 0 Å². The fourth-order valence-corrected chi connectivity index (χ4v) is 3.10. The van der Waals surface area contributed by atoms with E-state index in [0.29, 0.717) is 5.56 Å². The molecule has 0 radical (unpaired) electrons. The lowest BCUT2D eigenvalue weighted by molar-refractivity contribution is -0.128. The van der Waals surface area contributed by atoms with Crippen molar-refractivity contribution in [2.45, 2.75) is 13.5 Å². The highest BCUT2D eigenvalue weighted by Gasteiger charge is 2.22. The number of carbonyl (C=O) groups is 1. The molecular formula is C16H13Cl4F2N3O3. The van der Waals surface area contributed by atoms with Gasteiger partial charge in [-0.1, -0.05) is 46.4 Å². The van der Waals surface area contributed by atoms with Gasteiger partial charge in [0.25, 0.3) is 5.91 Å². The van der Waals surface area contributed by atoms with Crippen LogP contribution >= 0.6 is 46.4 Å². The highest BCUT2D eigenvalue weighted by molar-refractivity contribution is 6.44. The quantitative estimate of drug-likeness (QED) is 0.437. The number of nitrogens with zero attached hydrogens (tertiary/aromatic N) is 2. The Bertz CT molecular complexity index is 919. The fraction of sp³-hybridized carbons (Fsp3) is 0.250. The first-order valence-electron chi connectivity index (χ1n) is 7.61. The van der Waals surface area contributed by atoms with E-state index in [4.69, 9.17) is 51.2 Å². The van der Waals surface area contributed by atoms with E-state index in [0.717, 1.165) is 4.68 Å². The normalized spacial score (nSPS) is 11.8. The van der Waals surface area contributed by atoms with Gasteiger partial charge >= 0.3 is 6.61 Å². The standard InChI is InChI=1S/C16H13Cl4F2N3O3/c1-3-27-24-14(26)11(19)5-7-4-8(10(18)6-9(7)17)13-12(20)15(25(2)23-13)28-16(21)22/h4-6,16H,3H2,1-2H3,(H,24,26). The van der Waals surface area contributed by atoms with Gasteiger partial charge in [-0.2, -0.15) is 13.9 Å². The van der Waals surface area contributed by atoms with Gasteiger partial charge in [0.15, 0.2) is 0 Å². The van der Waals surface area contributed by atoms with Gasteiger partial charge in [-0.25, -0.2) is 10.2 Å². The van der Waals surface area contributed by atoms with Crippen molar-refractivity contribution in [3.8, 4) is 17.1 Å². The van der Waals surface area contributed by atoms with Gasteiger partial charge in [-0.05, 0) is 30.7 Å². The molecular weight excluding hydrogens is 462 g/mol. The molecule has 0 aliphatic carbocycles. The van der Waals surface area contributed by atoms with Crippen molar-refractivity contribution in [2.75, 3.05) is 6.61 Å². The van der Waals surface area contributed by atoms with Crippen molar-refractivity contribution in [2.24, 2.45) is 7.05 Å². The Morgan fingerprint density at radius 2 is 2.00 bits per heavy atom. The van der Waals surface area contributed by atoms with E-state index < -0.39 is 12.5 Å². The number of hydrogen-bond donors (Lipinski definition) is 1. The maximum atomic E-state index is 12.6. The average Bonchev–Trinajstić information content (AvgIpc) is 2.89. The molecule has 1 aromatic carbocycles. The summed E-state index contributed by atoms with van der Waals surface area (Å²) in [6, 6.07) is 2.84. The van der Waals surface area contributed by atoms with Crippen LogP contribution in [0.3, 0.4) is 0 Å². The fourth-order valence-electron chi connectivity index (χ4n) is 2.11. The van der Waals surface area contributed by atoms with E-state index in [1.54, 1.807) is 6.92 Å². The molecule has 12 heteroatoms. The molecule has 0 aliphatic heterocycles. The Labute approximate surface area is 178 Å². The summed E-state index contributed by atoms with van der Waals surface area (Å²) in [6.07, 6.45) is 1.28. The zero-order valence-electron chi connectivity index (χ0n) is 14.4. The van der Waals surface area contributed by atoms with Crippen LogP contribution in [0.2, 0.25) is 15.1 Å². The van der Waals surface area contributed by atoms with Crippen molar-refractivity contribution >= 4 is 58.4 Å². The van der Waals surface area contributed by atoms with Gasteiger partial charge in [0, 0.05) is 17.6 Å². The summed E-state index contributed by atoms with van der Waals surface area (Å²) in [5.74, 6) is -1.01. The first kappa shape index (κ1) is 22.7. The molecule has 0 saturated heterocycles. The maximum absolute atomic E-state index is 12.6. The lowest BCUT2D eigenvalue weighted by Crippen LogP contribution is -2.23. The van der Waals surface area contributed by atoms with Gasteiger partial charge in [0.1, 0.15) is 15.7 Å². The van der Waals surface area contributed by atoms with Crippen LogP contribution < -0.4 is 10.2 Å². The number of ether oxygens (including phenoxy) is 1. The van der Waals surface area contributed by atoms with Crippen LogP contribution in [-0.2, 0) is 16.7 Å². The highest BCUT2D eigenvalue weighted by Crippen LogP contribution is 2.40. The number of aryl methyl sites for hydroxylation is 1. The predicted molar refractivity (Wildman–Crippen MR) is 104 cm³/mol. The van der Waals surface area contributed by atoms with Gasteiger partial charge in [-0.3, -0.25) is 9.63 Å². The molecule has 6 nitrogen and oxygen atoms in total. The number of halogens is 6. The largest absolute Gasteiger partial charge is 0.416 e. The van der Waals surface area contributed by atoms with Crippen LogP contribution in [0, 0.1) is 0 Å². The number of carbonyl (C=O) groups excluding carboxylic acids is 1. The molecule has 1 aromatic heterocycles. The molecule has 1 heterocycles. The molecule has 0 atom stereocenters. The number of hydroxylamine groups is 1. The van der Waals surface area contributed by atoms with Crippen molar-refractivity contribution in [1.82, 2.24) is 15.3 Å². The van der Waals surface area contributed by atoms with E-state index in [2.05, 4.69) is 15.3 Å². The molecule has 2 aromatic rings. The van der Waals surface area contributed by atoms with Crippen LogP contribution in [0.1, 0.15) is 12.5 Å². The average molecular weight is 475 g/mol. The van der Waals surface area contributed by atoms with Crippen molar-refractivity contribution in [3.05, 3.63) is 37.8 Å². The molecule has 0 saturated carbocycles. The van der Waals surface area contributed by atoms with Crippen LogP contribution in [0.4, 0.5) is 8.78 Å². The summed E-state index contributed by atoms with van der Waals surface area (Å²) in [5.41, 5.74) is 2.81. The van der Waals surface area contributed by atoms with Crippen LogP contribution in [-0.4, -0.2) is 28.9 Å². The molecule has 0 unspecified atom stereocenters. The molecule has 0 fully saturated rings. The SMILES string of the molecule is CCONC(=O)C(Cl)=Cc1cc(-c2nn(C)c(OC(F)F)c2Cl)c(Cl)cc1Cl. The van der Waals surface area contributed by atoms with E-state index in [9.17, 15) is 13.6 Å². The number of amides is 1. The number of alkyl halides is 2. The lowest BCUT2D eigenvalue weighted by Gasteiger charge is -2.08. The number of nitrogens with one attached hydrogen (secondary N) is 1. The van der Waals surface area contributed by atoms with Crippen molar-refractivity contribution in [1.29, 1.82) is 0 Å². The van der Waals surface area contributed by atoms with Gasteiger partial charge < -0.3 is 4.74 Å². The third kappa shape index (κ3) is 5.27. The number of aromatic nitrogens is 2. The molecule has 1 N–H and O–H groups in total. The second kappa shape index (κ2) is 9.76. The van der Waals surface area contributed by atoms with Crippen LogP contribution in [0.25, 0.3) is 17.3 Å². The summed E-state index contributed by atoms with van der Waals surface area (Å²) in [7, 11) is 1.38. The topological polar surface area (TPSA) is 65.4 Å². The smallest absolute Gasteiger partial charge is 0.388 e. The minimum atomic E-state index is -3.08. The Morgan fingerprint density at radius 1 is 1.32 bits per heavy atom. The molecule has 0 spiro atoms. The molecule has 152 valence electrons. The van der Waals surface area contributed by atoms with Crippen LogP contribution in [0.5, 0.6) is 5.88 Å². The second-order valence-electron chi connectivity index (χ2n) is 5.18. The van der Waals surface area contributed by atoms with Crippen LogP contribution in [0.15, 0.2) is 17.2 Å². The first-order chi connectivity index (χ1) is 13.1. The first-order valence-corrected chi connectivity index (χ1v) is 9.12. The summed E-state index contributed by atoms with van der Waals surface area (Å²) >= 11 is 24.5. The zero-order valence-corrected chi connectivity index (χ0v) is 17.4. The van der Waals surface area contributed by atoms with Gasteiger partial charge in [-0.15, -0.1) is 0 Å². The Balaban J connectivity index is 2.48. The summed E-state index contributed by atoms with van der Waals surface area (Å²) < 4.78 is 30.5. The zero-order chi connectivity index (χ0) is 21.0. The molecule has 0 bridgehead atoms. The summed E-state index contributed by atoms with van der Waals surface area (Å²) in [6.45, 7) is -1.14. The second-order valence-corrected chi connectivity index (χ2v) is 6.78. The maximum Gasteiger partial charge on any atom is 0.388 e. The van der Waals surface area contributed by atoms with Crippen molar-refractivity contribution in [3.63, 3.8) is 0 Å². The minimum absolute atomic E-state index is 0.0889. The summed E-state index contributed by atoms with van der Waals surface area (Å²) in [4.78, 5) is 16.6. The van der Waals surface area contributed by atoms with Gasteiger partial charge in [0.05, 0.1) is 11.6 Å². The molecule has 0 aliphatic rings. The number of rotatable bonds is 7. The third-order valence-electron chi connectivity index (χ3n) is 3.29. The minimum Gasteiger partial charge on any atom is -0.416 e. The number of hydrogen-bond acceptors (Lipinski definition) is 4. The predicted octanol–water partition coefficient (Wildman–Crippen LogP) is 5.30. The Hall–Kier alpha value is -1.58. The molecule has 28 heavy (non-hydrogen) atoms. The Morgan fingerprint density at radius 3 is 2.61 bits per heavy atom. The molecule has 1 amide bonds. The lowest BCUT2D eigenvalue weighted by atomic mass is 10.1. The third-order valence-corrected chi connectivity index (χ3v) is 4.55. The summed E-state index contributed by atoms with van der Waals surface area (Å²) in [5, 5.41) is 4.03.